The zero-order chi connectivity index (χ0) is 13.2. The first-order valence-corrected chi connectivity index (χ1v) is 7.84. The van der Waals surface area contributed by atoms with Gasteiger partial charge in [0.1, 0.15) is 0 Å². The number of sulfonamides is 1. The Labute approximate surface area is 108 Å². The molecule has 1 aromatic carbocycles. The molecule has 0 bridgehead atoms. The van der Waals surface area contributed by atoms with E-state index in [2.05, 4.69) is 16.3 Å². The smallest absolute Gasteiger partial charge is 0.211 e. The van der Waals surface area contributed by atoms with Crippen LogP contribution in [0.3, 0.4) is 0 Å². The lowest BCUT2D eigenvalue weighted by atomic mass is 10.2. The van der Waals surface area contributed by atoms with Gasteiger partial charge in [0.25, 0.3) is 0 Å². The molecule has 5 nitrogen and oxygen atoms in total. The molecule has 100 valence electrons. The van der Waals surface area contributed by atoms with E-state index in [-0.39, 0.29) is 0 Å². The van der Waals surface area contributed by atoms with E-state index in [1.807, 2.05) is 25.2 Å². The average Bonchev–Trinajstić information content (AvgIpc) is 2.38. The predicted molar refractivity (Wildman–Crippen MR) is 74.6 cm³/mol. The summed E-state index contributed by atoms with van der Waals surface area (Å²) in [7, 11) is -1.16. The zero-order valence-electron chi connectivity index (χ0n) is 10.8. The van der Waals surface area contributed by atoms with Gasteiger partial charge in [0, 0.05) is 33.2 Å². The quantitative estimate of drug-likeness (QED) is 0.882. The number of nitrogens with zero attached hydrogens (tertiary/aromatic N) is 2. The van der Waals surface area contributed by atoms with Crippen molar-refractivity contribution in [2.24, 2.45) is 0 Å². The second-order valence-corrected chi connectivity index (χ2v) is 6.40. The van der Waals surface area contributed by atoms with Crippen molar-refractivity contribution in [3.05, 3.63) is 24.3 Å². The lowest BCUT2D eigenvalue weighted by molar-refractivity contribution is 0.388. The van der Waals surface area contributed by atoms with Crippen LogP contribution in [-0.4, -0.2) is 52.2 Å². The van der Waals surface area contributed by atoms with E-state index >= 15 is 0 Å². The Kier molecular flexibility index (Phi) is 3.77. The maximum absolute atomic E-state index is 11.4. The summed E-state index contributed by atoms with van der Waals surface area (Å²) in [6.07, 6.45) is 1.27. The average molecular weight is 269 g/mol. The lowest BCUT2D eigenvalue weighted by Crippen LogP contribution is -2.48. The van der Waals surface area contributed by atoms with E-state index in [4.69, 9.17) is 0 Å². The molecule has 0 radical (unpaired) electrons. The Morgan fingerprint density at radius 2 is 1.72 bits per heavy atom. The Balaban J connectivity index is 2.10. The fraction of sp³-hybridized carbons (Fsp3) is 0.500. The van der Waals surface area contributed by atoms with Crippen LogP contribution in [0.4, 0.5) is 11.4 Å². The van der Waals surface area contributed by atoms with Crippen LogP contribution in [0.15, 0.2) is 24.3 Å². The van der Waals surface area contributed by atoms with E-state index < -0.39 is 10.0 Å². The van der Waals surface area contributed by atoms with E-state index in [0.717, 1.165) is 24.5 Å². The number of anilines is 2. The fourth-order valence-electron chi connectivity index (χ4n) is 2.22. The maximum Gasteiger partial charge on any atom is 0.211 e. The summed E-state index contributed by atoms with van der Waals surface area (Å²) in [5, 5.41) is 3.16. The topological polar surface area (TPSA) is 52.6 Å². The van der Waals surface area contributed by atoms with Crippen LogP contribution in [0.25, 0.3) is 0 Å². The molecule has 1 aliphatic heterocycles. The summed E-state index contributed by atoms with van der Waals surface area (Å²) in [5.41, 5.74) is 2.21. The number of benzene rings is 1. The Morgan fingerprint density at radius 1 is 1.11 bits per heavy atom. The second kappa shape index (κ2) is 5.16. The van der Waals surface area contributed by atoms with Crippen molar-refractivity contribution in [1.82, 2.24) is 4.31 Å². The summed E-state index contributed by atoms with van der Waals surface area (Å²) in [4.78, 5) is 2.22. The van der Waals surface area contributed by atoms with Crippen molar-refractivity contribution < 1.29 is 8.42 Å². The van der Waals surface area contributed by atoms with Gasteiger partial charge in [0.15, 0.2) is 0 Å². The molecule has 0 unspecified atom stereocenters. The molecule has 0 spiro atoms. The number of hydrogen-bond acceptors (Lipinski definition) is 4. The van der Waals surface area contributed by atoms with Gasteiger partial charge >= 0.3 is 0 Å². The van der Waals surface area contributed by atoms with Crippen LogP contribution in [-0.2, 0) is 10.0 Å². The molecule has 2 rings (SSSR count). The van der Waals surface area contributed by atoms with Crippen LogP contribution in [0.2, 0.25) is 0 Å². The Morgan fingerprint density at radius 3 is 2.28 bits per heavy atom. The monoisotopic (exact) mass is 269 g/mol. The number of nitrogens with one attached hydrogen (secondary N) is 1. The van der Waals surface area contributed by atoms with Crippen molar-refractivity contribution in [3.8, 4) is 0 Å². The standard InChI is InChI=1S/C12H19N3O2S/c1-13-11-5-3-4-6-12(11)14-7-9-15(10-8-14)18(2,16)17/h3-6,13H,7-10H2,1-2H3. The van der Waals surface area contributed by atoms with Crippen LogP contribution >= 0.6 is 0 Å². The molecule has 1 fully saturated rings. The third-order valence-corrected chi connectivity index (χ3v) is 4.52. The minimum absolute atomic E-state index is 0.552. The summed E-state index contributed by atoms with van der Waals surface area (Å²) < 4.78 is 24.4. The fourth-order valence-corrected chi connectivity index (χ4v) is 3.05. The third kappa shape index (κ3) is 2.76. The largest absolute Gasteiger partial charge is 0.386 e. The van der Waals surface area contributed by atoms with E-state index in [0.29, 0.717) is 13.1 Å². The molecule has 1 saturated heterocycles. The number of rotatable bonds is 3. The van der Waals surface area contributed by atoms with Gasteiger partial charge in [-0.25, -0.2) is 8.42 Å². The minimum atomic E-state index is -3.06. The first-order valence-electron chi connectivity index (χ1n) is 5.99. The van der Waals surface area contributed by atoms with Crippen LogP contribution < -0.4 is 10.2 Å². The number of hydrogen-bond donors (Lipinski definition) is 1. The first-order chi connectivity index (χ1) is 8.52. The van der Waals surface area contributed by atoms with Crippen molar-refractivity contribution >= 4 is 21.4 Å². The normalized spacial score (nSPS) is 17.8. The van der Waals surface area contributed by atoms with Crippen LogP contribution in [0.1, 0.15) is 0 Å². The molecule has 1 heterocycles. The molecule has 1 N–H and O–H groups in total. The molecule has 1 aromatic rings. The molecule has 0 saturated carbocycles. The maximum atomic E-state index is 11.4. The predicted octanol–water partition coefficient (Wildman–Crippen LogP) is 0.810. The highest BCUT2D eigenvalue weighted by molar-refractivity contribution is 7.88. The zero-order valence-corrected chi connectivity index (χ0v) is 11.6. The van der Waals surface area contributed by atoms with Gasteiger partial charge in [-0.15, -0.1) is 0 Å². The van der Waals surface area contributed by atoms with Gasteiger partial charge in [0.05, 0.1) is 17.6 Å². The number of piperazine rings is 1. The van der Waals surface area contributed by atoms with E-state index in [9.17, 15) is 8.42 Å². The summed E-state index contributed by atoms with van der Waals surface area (Å²) >= 11 is 0. The molecule has 0 atom stereocenters. The highest BCUT2D eigenvalue weighted by atomic mass is 32.2. The second-order valence-electron chi connectivity index (χ2n) is 4.42. The Bertz CT molecular complexity index is 508. The van der Waals surface area contributed by atoms with Gasteiger partial charge < -0.3 is 10.2 Å². The highest BCUT2D eigenvalue weighted by Gasteiger charge is 2.24. The van der Waals surface area contributed by atoms with Crippen molar-refractivity contribution in [3.63, 3.8) is 0 Å². The number of para-hydroxylation sites is 2. The van der Waals surface area contributed by atoms with Crippen molar-refractivity contribution in [1.29, 1.82) is 0 Å². The molecule has 6 heteroatoms. The van der Waals surface area contributed by atoms with Crippen molar-refractivity contribution in [2.45, 2.75) is 0 Å². The van der Waals surface area contributed by atoms with Gasteiger partial charge in [-0.2, -0.15) is 4.31 Å². The van der Waals surface area contributed by atoms with Gasteiger partial charge in [-0.1, -0.05) is 12.1 Å². The molecule has 1 aliphatic rings. The first kappa shape index (κ1) is 13.2. The van der Waals surface area contributed by atoms with Gasteiger partial charge in [-0.3, -0.25) is 0 Å². The van der Waals surface area contributed by atoms with Crippen LogP contribution in [0.5, 0.6) is 0 Å². The SMILES string of the molecule is CNc1ccccc1N1CCN(S(C)(=O)=O)CC1. The highest BCUT2D eigenvalue weighted by Crippen LogP contribution is 2.26. The molecule has 0 aliphatic carbocycles. The van der Waals surface area contributed by atoms with Gasteiger partial charge in [0.2, 0.25) is 10.0 Å². The molecule has 0 amide bonds. The summed E-state index contributed by atoms with van der Waals surface area (Å²) in [6.45, 7) is 2.56. The summed E-state index contributed by atoms with van der Waals surface area (Å²) in [5.74, 6) is 0. The molecular formula is C12H19N3O2S. The summed E-state index contributed by atoms with van der Waals surface area (Å²) in [6, 6.07) is 8.07. The third-order valence-electron chi connectivity index (χ3n) is 3.22. The van der Waals surface area contributed by atoms with E-state index in [1.165, 1.54) is 10.6 Å². The Hall–Kier alpha value is -1.27. The molecule has 0 aromatic heterocycles. The molecular weight excluding hydrogens is 250 g/mol. The van der Waals surface area contributed by atoms with Crippen LogP contribution in [0, 0.1) is 0 Å². The minimum Gasteiger partial charge on any atom is -0.386 e. The van der Waals surface area contributed by atoms with Crippen molar-refractivity contribution in [2.75, 3.05) is 49.7 Å². The van der Waals surface area contributed by atoms with Gasteiger partial charge in [-0.05, 0) is 12.1 Å². The van der Waals surface area contributed by atoms with E-state index in [1.54, 1.807) is 0 Å². The lowest BCUT2D eigenvalue weighted by Gasteiger charge is -2.35. The molecule has 18 heavy (non-hydrogen) atoms.